The number of nitrogens with zero attached hydrogens (tertiary/aromatic N) is 2. The number of rotatable bonds is 4. The van der Waals surface area contributed by atoms with Crippen LogP contribution in [0, 0.1) is 5.82 Å². The van der Waals surface area contributed by atoms with Crippen molar-refractivity contribution in [3.8, 4) is 17.0 Å². The normalized spacial score (nSPS) is 12.6. The molecule has 1 aliphatic rings. The maximum Gasteiger partial charge on any atom is 0.255 e. The third kappa shape index (κ3) is 3.29. The zero-order valence-electron chi connectivity index (χ0n) is 15.7. The number of hydrogen-bond donors (Lipinski definition) is 1. The van der Waals surface area contributed by atoms with Gasteiger partial charge in [0, 0.05) is 42.3 Å². The Morgan fingerprint density at radius 1 is 1.21 bits per heavy atom. The number of carbonyl (C=O) groups excluding carboxylic acids is 1. The average Bonchev–Trinajstić information content (AvgIpc) is 3.08. The summed E-state index contributed by atoms with van der Waals surface area (Å²) in [5.74, 6) is -0.410. The third-order valence-electron chi connectivity index (χ3n) is 4.94. The summed E-state index contributed by atoms with van der Waals surface area (Å²) in [6, 6.07) is 13.6. The van der Waals surface area contributed by atoms with E-state index in [-0.39, 0.29) is 17.0 Å². The number of fused-ring (bicyclic) bond motifs is 1. The van der Waals surface area contributed by atoms with E-state index in [9.17, 15) is 9.18 Å². The molecular formula is C22H20FN3O2. The van der Waals surface area contributed by atoms with Crippen LogP contribution in [-0.2, 0) is 6.42 Å². The van der Waals surface area contributed by atoms with E-state index in [4.69, 9.17) is 4.74 Å². The lowest BCUT2D eigenvalue weighted by Gasteiger charge is -2.13. The van der Waals surface area contributed by atoms with E-state index in [2.05, 4.69) is 15.2 Å². The predicted octanol–water partition coefficient (Wildman–Crippen LogP) is 4.14. The van der Waals surface area contributed by atoms with Crippen LogP contribution in [0.2, 0.25) is 0 Å². The molecule has 0 radical (unpaired) electrons. The molecule has 2 heterocycles. The lowest BCUT2D eigenvalue weighted by molar-refractivity contribution is 0.102. The zero-order valence-corrected chi connectivity index (χ0v) is 15.7. The Balaban J connectivity index is 1.57. The summed E-state index contributed by atoms with van der Waals surface area (Å²) in [7, 11) is 3.56. The molecule has 2 aromatic carbocycles. The highest BCUT2D eigenvalue weighted by molar-refractivity contribution is 6.04. The van der Waals surface area contributed by atoms with E-state index in [0.717, 1.165) is 13.0 Å². The highest BCUT2D eigenvalue weighted by atomic mass is 19.1. The van der Waals surface area contributed by atoms with E-state index in [1.165, 1.54) is 24.4 Å². The van der Waals surface area contributed by atoms with Crippen LogP contribution in [0.3, 0.4) is 0 Å². The topological polar surface area (TPSA) is 54.5 Å². The minimum absolute atomic E-state index is 0.244. The van der Waals surface area contributed by atoms with Crippen molar-refractivity contribution in [1.29, 1.82) is 0 Å². The number of pyridine rings is 1. The second-order valence-electron chi connectivity index (χ2n) is 6.72. The molecule has 0 aliphatic carbocycles. The molecule has 4 rings (SSSR count). The maximum atomic E-state index is 14.7. The summed E-state index contributed by atoms with van der Waals surface area (Å²) in [6.07, 6.45) is 2.52. The molecule has 1 amide bonds. The predicted molar refractivity (Wildman–Crippen MR) is 108 cm³/mol. The molecular weight excluding hydrogens is 357 g/mol. The molecule has 142 valence electrons. The van der Waals surface area contributed by atoms with Crippen LogP contribution in [-0.4, -0.2) is 31.6 Å². The molecule has 0 saturated heterocycles. The van der Waals surface area contributed by atoms with Gasteiger partial charge in [-0.1, -0.05) is 0 Å². The minimum atomic E-state index is -0.528. The fraction of sp³-hybridized carbons (Fsp3) is 0.182. The fourth-order valence-electron chi connectivity index (χ4n) is 3.45. The summed E-state index contributed by atoms with van der Waals surface area (Å²) in [6.45, 7) is 0.969. The number of anilines is 2. The molecule has 0 atom stereocenters. The van der Waals surface area contributed by atoms with Crippen LogP contribution in [0.5, 0.6) is 5.75 Å². The molecule has 1 N–H and O–H groups in total. The van der Waals surface area contributed by atoms with Gasteiger partial charge in [-0.3, -0.25) is 9.78 Å². The lowest BCUT2D eigenvalue weighted by atomic mass is 10.1. The average molecular weight is 377 g/mol. The van der Waals surface area contributed by atoms with Crippen LogP contribution in [0.15, 0.2) is 54.7 Å². The van der Waals surface area contributed by atoms with Crippen molar-refractivity contribution in [2.24, 2.45) is 0 Å². The van der Waals surface area contributed by atoms with Gasteiger partial charge in [0.05, 0.1) is 7.11 Å². The van der Waals surface area contributed by atoms with E-state index in [0.29, 0.717) is 17.1 Å². The molecule has 0 unspecified atom stereocenters. The molecule has 0 bridgehead atoms. The number of likely N-dealkylation sites (N-methyl/N-ethyl adjacent to an activating group) is 1. The number of carbonyl (C=O) groups is 1. The van der Waals surface area contributed by atoms with Gasteiger partial charge in [0.25, 0.3) is 5.91 Å². The lowest BCUT2D eigenvalue weighted by Crippen LogP contribution is -2.13. The number of amides is 1. The first-order valence-electron chi connectivity index (χ1n) is 9.01. The molecule has 1 aromatic heterocycles. The van der Waals surface area contributed by atoms with Gasteiger partial charge in [-0.2, -0.15) is 0 Å². The summed E-state index contributed by atoms with van der Waals surface area (Å²) in [4.78, 5) is 18.9. The SMILES string of the molecule is COc1cccnc1-c1ccc(C(=O)Nc2ccc3c(c2)CCN3C)cc1F. The fourth-order valence-corrected chi connectivity index (χ4v) is 3.45. The smallest absolute Gasteiger partial charge is 0.255 e. The van der Waals surface area contributed by atoms with Crippen molar-refractivity contribution >= 4 is 17.3 Å². The number of halogens is 1. The summed E-state index contributed by atoms with van der Waals surface area (Å²) in [5.41, 5.74) is 4.01. The van der Waals surface area contributed by atoms with Crippen molar-refractivity contribution in [3.63, 3.8) is 0 Å². The monoisotopic (exact) mass is 377 g/mol. The van der Waals surface area contributed by atoms with Crippen molar-refractivity contribution < 1.29 is 13.9 Å². The van der Waals surface area contributed by atoms with Crippen molar-refractivity contribution in [2.45, 2.75) is 6.42 Å². The van der Waals surface area contributed by atoms with Crippen LogP contribution >= 0.6 is 0 Å². The van der Waals surface area contributed by atoms with Crippen molar-refractivity contribution in [3.05, 3.63) is 71.7 Å². The van der Waals surface area contributed by atoms with Gasteiger partial charge in [0.15, 0.2) is 0 Å². The molecule has 1 aliphatic heterocycles. The van der Waals surface area contributed by atoms with Crippen LogP contribution in [0.1, 0.15) is 15.9 Å². The molecule has 5 nitrogen and oxygen atoms in total. The van der Waals surface area contributed by atoms with E-state index < -0.39 is 5.82 Å². The van der Waals surface area contributed by atoms with Gasteiger partial charge in [-0.05, 0) is 60.5 Å². The summed E-state index contributed by atoms with van der Waals surface area (Å²) < 4.78 is 19.9. The maximum absolute atomic E-state index is 14.7. The molecule has 0 saturated carbocycles. The van der Waals surface area contributed by atoms with E-state index in [1.54, 1.807) is 30.5 Å². The van der Waals surface area contributed by atoms with Crippen molar-refractivity contribution in [1.82, 2.24) is 4.98 Å². The van der Waals surface area contributed by atoms with Crippen LogP contribution in [0.25, 0.3) is 11.3 Å². The molecule has 28 heavy (non-hydrogen) atoms. The highest BCUT2D eigenvalue weighted by Crippen LogP contribution is 2.31. The van der Waals surface area contributed by atoms with Gasteiger partial charge in [-0.15, -0.1) is 0 Å². The Kier molecular flexibility index (Phi) is 4.69. The number of nitrogens with one attached hydrogen (secondary N) is 1. The van der Waals surface area contributed by atoms with Gasteiger partial charge in [0.1, 0.15) is 17.3 Å². The molecule has 3 aromatic rings. The Labute approximate surface area is 162 Å². The Hall–Kier alpha value is -3.41. The Morgan fingerprint density at radius 3 is 2.86 bits per heavy atom. The first kappa shape index (κ1) is 18.0. The quantitative estimate of drug-likeness (QED) is 0.742. The largest absolute Gasteiger partial charge is 0.494 e. The van der Waals surface area contributed by atoms with E-state index in [1.807, 2.05) is 25.2 Å². The highest BCUT2D eigenvalue weighted by Gasteiger charge is 2.18. The number of aromatic nitrogens is 1. The van der Waals surface area contributed by atoms with Gasteiger partial charge >= 0.3 is 0 Å². The second-order valence-corrected chi connectivity index (χ2v) is 6.72. The van der Waals surface area contributed by atoms with Gasteiger partial charge < -0.3 is 15.0 Å². The summed E-state index contributed by atoms with van der Waals surface area (Å²) >= 11 is 0. The minimum Gasteiger partial charge on any atom is -0.494 e. The first-order valence-corrected chi connectivity index (χ1v) is 9.01. The number of benzene rings is 2. The van der Waals surface area contributed by atoms with E-state index >= 15 is 0 Å². The summed E-state index contributed by atoms with van der Waals surface area (Å²) in [5, 5.41) is 2.85. The Bertz CT molecular complexity index is 1050. The standard InChI is InChI=1S/C22H20FN3O2/c1-26-11-9-14-12-16(6-8-19(14)26)25-22(27)15-5-7-17(18(23)13-15)21-20(28-2)4-3-10-24-21/h3-8,10,12-13H,9,11H2,1-2H3,(H,25,27). The van der Waals surface area contributed by atoms with Gasteiger partial charge in [0.2, 0.25) is 0 Å². The Morgan fingerprint density at radius 2 is 2.07 bits per heavy atom. The number of methoxy groups -OCH3 is 1. The first-order chi connectivity index (χ1) is 13.6. The number of hydrogen-bond acceptors (Lipinski definition) is 4. The van der Waals surface area contributed by atoms with Crippen molar-refractivity contribution in [2.75, 3.05) is 30.9 Å². The number of ether oxygens (including phenoxy) is 1. The molecule has 6 heteroatoms. The molecule has 0 fully saturated rings. The second kappa shape index (κ2) is 7.31. The zero-order chi connectivity index (χ0) is 19.7. The third-order valence-corrected chi connectivity index (χ3v) is 4.94. The molecule has 0 spiro atoms. The van der Waals surface area contributed by atoms with Crippen LogP contribution in [0.4, 0.5) is 15.8 Å². The van der Waals surface area contributed by atoms with Gasteiger partial charge in [-0.25, -0.2) is 4.39 Å². The van der Waals surface area contributed by atoms with Crippen LogP contribution < -0.4 is 15.0 Å².